The first-order valence-electron chi connectivity index (χ1n) is 6.18. The summed E-state index contributed by atoms with van der Waals surface area (Å²) in [7, 11) is 0. The molecule has 4 nitrogen and oxygen atoms in total. The lowest BCUT2D eigenvalue weighted by atomic mass is 9.98. The molecule has 18 heavy (non-hydrogen) atoms. The second kappa shape index (κ2) is 4.90. The minimum absolute atomic E-state index is 0.145. The van der Waals surface area contributed by atoms with Gasteiger partial charge in [-0.2, -0.15) is 0 Å². The van der Waals surface area contributed by atoms with Crippen LogP contribution in [0.4, 0.5) is 10.5 Å². The van der Waals surface area contributed by atoms with E-state index in [0.29, 0.717) is 12.5 Å². The number of anilines is 1. The van der Waals surface area contributed by atoms with Crippen molar-refractivity contribution < 1.29 is 9.53 Å². The van der Waals surface area contributed by atoms with Gasteiger partial charge in [-0.05, 0) is 46.9 Å². The van der Waals surface area contributed by atoms with E-state index in [0.717, 1.165) is 29.7 Å². The maximum absolute atomic E-state index is 12.0. The average molecular weight is 311 g/mol. The first-order valence-corrected chi connectivity index (χ1v) is 6.98. The molecule has 2 unspecified atom stereocenters. The number of nitrogens with one attached hydrogen (secondary N) is 1. The molecule has 2 aliphatic heterocycles. The van der Waals surface area contributed by atoms with Gasteiger partial charge in [-0.3, -0.25) is 4.90 Å². The Balaban J connectivity index is 1.92. The van der Waals surface area contributed by atoms with E-state index in [-0.39, 0.29) is 12.1 Å². The maximum Gasteiger partial charge on any atom is 0.414 e. The van der Waals surface area contributed by atoms with Crippen LogP contribution in [0.2, 0.25) is 0 Å². The molecular weight excluding hydrogens is 296 g/mol. The van der Waals surface area contributed by atoms with E-state index in [4.69, 9.17) is 4.74 Å². The molecule has 2 heterocycles. The molecule has 0 aliphatic carbocycles. The van der Waals surface area contributed by atoms with Crippen molar-refractivity contribution in [1.82, 2.24) is 5.32 Å². The summed E-state index contributed by atoms with van der Waals surface area (Å²) in [5, 5.41) is 3.35. The van der Waals surface area contributed by atoms with Crippen LogP contribution in [0.1, 0.15) is 6.42 Å². The first kappa shape index (κ1) is 12.0. The van der Waals surface area contributed by atoms with Gasteiger partial charge in [0.2, 0.25) is 0 Å². The number of hydrogen-bond acceptors (Lipinski definition) is 3. The van der Waals surface area contributed by atoms with Crippen LogP contribution in [0.3, 0.4) is 0 Å². The number of rotatable bonds is 2. The normalized spacial score (nSPS) is 27.6. The molecule has 2 aliphatic rings. The molecule has 2 fully saturated rings. The highest BCUT2D eigenvalue weighted by molar-refractivity contribution is 9.10. The molecule has 0 aromatic heterocycles. The zero-order valence-corrected chi connectivity index (χ0v) is 11.5. The van der Waals surface area contributed by atoms with Gasteiger partial charge in [0.05, 0.1) is 11.7 Å². The minimum atomic E-state index is -0.237. The Hall–Kier alpha value is -1.07. The number of halogens is 1. The maximum atomic E-state index is 12.0. The van der Waals surface area contributed by atoms with E-state index < -0.39 is 0 Å². The van der Waals surface area contributed by atoms with Gasteiger partial charge >= 0.3 is 6.09 Å². The molecule has 0 radical (unpaired) electrons. The summed E-state index contributed by atoms with van der Waals surface area (Å²) in [6.07, 6.45) is 0.862. The predicted molar refractivity (Wildman–Crippen MR) is 72.7 cm³/mol. The van der Waals surface area contributed by atoms with Crippen molar-refractivity contribution in [3.05, 3.63) is 28.7 Å². The summed E-state index contributed by atoms with van der Waals surface area (Å²) < 4.78 is 6.17. The van der Waals surface area contributed by atoms with E-state index in [1.165, 1.54) is 0 Å². The fourth-order valence-electron chi connectivity index (χ4n) is 2.71. The number of para-hydroxylation sites is 1. The lowest BCUT2D eigenvalue weighted by molar-refractivity contribution is 0.176. The Kier molecular flexibility index (Phi) is 3.26. The van der Waals surface area contributed by atoms with Crippen LogP contribution in [-0.4, -0.2) is 31.8 Å². The highest BCUT2D eigenvalue weighted by Crippen LogP contribution is 2.34. The summed E-state index contributed by atoms with van der Waals surface area (Å²) in [5.41, 5.74) is 0.900. The molecule has 0 saturated carbocycles. The molecule has 1 amide bonds. The van der Waals surface area contributed by atoms with Crippen molar-refractivity contribution in [2.75, 3.05) is 24.6 Å². The molecule has 2 saturated heterocycles. The highest BCUT2D eigenvalue weighted by atomic mass is 79.9. The van der Waals surface area contributed by atoms with Crippen molar-refractivity contribution in [1.29, 1.82) is 0 Å². The van der Waals surface area contributed by atoms with Crippen LogP contribution in [0.15, 0.2) is 28.7 Å². The van der Waals surface area contributed by atoms with Crippen LogP contribution in [0, 0.1) is 5.92 Å². The smallest absolute Gasteiger partial charge is 0.414 e. The van der Waals surface area contributed by atoms with Crippen LogP contribution in [-0.2, 0) is 4.74 Å². The summed E-state index contributed by atoms with van der Waals surface area (Å²) in [6.45, 7) is 2.48. The topological polar surface area (TPSA) is 41.6 Å². The Morgan fingerprint density at radius 2 is 2.22 bits per heavy atom. The summed E-state index contributed by atoms with van der Waals surface area (Å²) in [6, 6.07) is 7.93. The van der Waals surface area contributed by atoms with Gasteiger partial charge in [0.15, 0.2) is 0 Å². The standard InChI is InChI=1S/C13H15BrN2O2/c14-10-3-1-2-4-11(10)16-12(8-18-13(16)17)9-5-6-15-7-9/h1-4,9,12,15H,5-8H2. The predicted octanol–water partition coefficient (Wildman–Crippen LogP) is 2.38. The van der Waals surface area contributed by atoms with E-state index in [2.05, 4.69) is 21.2 Å². The van der Waals surface area contributed by atoms with Gasteiger partial charge in [-0.15, -0.1) is 0 Å². The van der Waals surface area contributed by atoms with E-state index in [1.54, 1.807) is 4.90 Å². The number of cyclic esters (lactones) is 1. The molecule has 5 heteroatoms. The number of benzene rings is 1. The molecule has 0 spiro atoms. The third-order valence-corrected chi connectivity index (χ3v) is 4.33. The fourth-order valence-corrected chi connectivity index (χ4v) is 3.19. The van der Waals surface area contributed by atoms with E-state index in [1.807, 2.05) is 24.3 Å². The molecule has 0 bridgehead atoms. The Bertz CT molecular complexity index is 460. The van der Waals surface area contributed by atoms with Gasteiger partial charge in [0, 0.05) is 11.0 Å². The van der Waals surface area contributed by atoms with Gasteiger partial charge in [-0.1, -0.05) is 12.1 Å². The third kappa shape index (κ3) is 2.01. The van der Waals surface area contributed by atoms with Crippen molar-refractivity contribution >= 4 is 27.7 Å². The Morgan fingerprint density at radius 1 is 1.39 bits per heavy atom. The van der Waals surface area contributed by atoms with Crippen molar-refractivity contribution in [3.8, 4) is 0 Å². The number of carbonyl (C=O) groups excluding carboxylic acids is 1. The number of carbonyl (C=O) groups is 1. The molecule has 1 aromatic carbocycles. The van der Waals surface area contributed by atoms with Crippen molar-refractivity contribution in [3.63, 3.8) is 0 Å². The average Bonchev–Trinajstić information content (AvgIpc) is 2.99. The Morgan fingerprint density at radius 3 is 2.94 bits per heavy atom. The fraction of sp³-hybridized carbons (Fsp3) is 0.462. The van der Waals surface area contributed by atoms with Crippen LogP contribution < -0.4 is 10.2 Å². The van der Waals surface area contributed by atoms with Gasteiger partial charge in [0.1, 0.15) is 6.61 Å². The van der Waals surface area contributed by atoms with E-state index in [9.17, 15) is 4.79 Å². The van der Waals surface area contributed by atoms with Crippen LogP contribution in [0.25, 0.3) is 0 Å². The van der Waals surface area contributed by atoms with Crippen molar-refractivity contribution in [2.45, 2.75) is 12.5 Å². The number of nitrogens with zero attached hydrogens (tertiary/aromatic N) is 1. The monoisotopic (exact) mass is 310 g/mol. The van der Waals surface area contributed by atoms with E-state index >= 15 is 0 Å². The quantitative estimate of drug-likeness (QED) is 0.912. The van der Waals surface area contributed by atoms with Gasteiger partial charge in [0.25, 0.3) is 0 Å². The summed E-state index contributed by atoms with van der Waals surface area (Å²) >= 11 is 3.50. The lowest BCUT2D eigenvalue weighted by Gasteiger charge is -2.26. The van der Waals surface area contributed by atoms with Crippen LogP contribution >= 0.6 is 15.9 Å². The number of hydrogen-bond donors (Lipinski definition) is 1. The highest BCUT2D eigenvalue weighted by Gasteiger charge is 2.40. The van der Waals surface area contributed by atoms with Crippen LogP contribution in [0.5, 0.6) is 0 Å². The molecule has 96 valence electrons. The number of ether oxygens (including phenoxy) is 1. The van der Waals surface area contributed by atoms with Gasteiger partial charge < -0.3 is 10.1 Å². The molecule has 1 N–H and O–H groups in total. The molecule has 2 atom stereocenters. The zero-order valence-electron chi connectivity index (χ0n) is 9.93. The second-order valence-corrected chi connectivity index (χ2v) is 5.57. The first-order chi connectivity index (χ1) is 8.77. The second-order valence-electron chi connectivity index (χ2n) is 4.72. The summed E-state index contributed by atoms with van der Waals surface area (Å²) in [5.74, 6) is 0.476. The molecular formula is C13H15BrN2O2. The third-order valence-electron chi connectivity index (χ3n) is 3.66. The zero-order chi connectivity index (χ0) is 12.5. The minimum Gasteiger partial charge on any atom is -0.447 e. The number of amides is 1. The molecule has 3 rings (SSSR count). The SMILES string of the molecule is O=C1OCC(C2CCNC2)N1c1ccccc1Br. The van der Waals surface area contributed by atoms with Gasteiger partial charge in [-0.25, -0.2) is 4.79 Å². The molecule has 1 aromatic rings. The Labute approximate surface area is 114 Å². The largest absolute Gasteiger partial charge is 0.447 e. The lowest BCUT2D eigenvalue weighted by Crippen LogP contribution is -2.40. The van der Waals surface area contributed by atoms with Crippen molar-refractivity contribution in [2.24, 2.45) is 5.92 Å². The summed E-state index contributed by atoms with van der Waals surface area (Å²) in [4.78, 5) is 13.7.